The molecule has 0 radical (unpaired) electrons. The topological polar surface area (TPSA) is 93.1 Å². The summed E-state index contributed by atoms with van der Waals surface area (Å²) < 4.78 is 25.9. The summed E-state index contributed by atoms with van der Waals surface area (Å²) in [7, 11) is 1.65. The Morgan fingerprint density at radius 1 is 1.26 bits per heavy atom. The average molecular weight is 485 g/mol. The van der Waals surface area contributed by atoms with Crippen LogP contribution in [-0.4, -0.2) is 55.7 Å². The summed E-state index contributed by atoms with van der Waals surface area (Å²) >= 11 is 1.52. The van der Waals surface area contributed by atoms with E-state index in [1.165, 1.54) is 23.5 Å². The number of rotatable bonds is 10. The monoisotopic (exact) mass is 484 g/mol. The number of carbonyl (C=O) groups is 1. The van der Waals surface area contributed by atoms with Crippen LogP contribution in [0.5, 0.6) is 11.5 Å². The number of hydrogen-bond donors (Lipinski definition) is 1. The number of fused-ring (bicyclic) bond motifs is 1. The Morgan fingerprint density at radius 3 is 2.88 bits per heavy atom. The van der Waals surface area contributed by atoms with Crippen molar-refractivity contribution in [2.24, 2.45) is 5.18 Å². The van der Waals surface area contributed by atoms with Crippen LogP contribution in [0, 0.1) is 10.7 Å². The van der Waals surface area contributed by atoms with Crippen LogP contribution < -0.4 is 10.1 Å². The molecule has 3 heterocycles. The normalized spacial score (nSPS) is 13.7. The van der Waals surface area contributed by atoms with Crippen LogP contribution in [0.15, 0.2) is 47.8 Å². The Bertz CT molecular complexity index is 1210. The Balaban J connectivity index is 1.43. The first-order chi connectivity index (χ1) is 16.6. The SMILES string of the molecule is COCCNCCC(=O)N1CC=C(c2cc3nccc(Oc4ccc(N=O)cc4F)c3s2)CC1. The fourth-order valence-electron chi connectivity index (χ4n) is 3.67. The van der Waals surface area contributed by atoms with Crippen molar-refractivity contribution in [3.8, 4) is 11.5 Å². The number of aromatic nitrogens is 1. The summed E-state index contributed by atoms with van der Waals surface area (Å²) in [6.45, 7) is 3.22. The number of nitrogens with one attached hydrogen (secondary N) is 1. The van der Waals surface area contributed by atoms with Gasteiger partial charge >= 0.3 is 0 Å². The van der Waals surface area contributed by atoms with Crippen molar-refractivity contribution < 1.29 is 18.7 Å². The average Bonchev–Trinajstić information content (AvgIpc) is 3.30. The lowest BCUT2D eigenvalue weighted by Gasteiger charge is -2.26. The third-order valence-electron chi connectivity index (χ3n) is 5.49. The van der Waals surface area contributed by atoms with Crippen molar-refractivity contribution in [1.29, 1.82) is 0 Å². The van der Waals surface area contributed by atoms with E-state index >= 15 is 0 Å². The number of amides is 1. The van der Waals surface area contributed by atoms with E-state index in [4.69, 9.17) is 9.47 Å². The minimum atomic E-state index is -0.660. The second-order valence-corrected chi connectivity index (χ2v) is 8.81. The van der Waals surface area contributed by atoms with Crippen LogP contribution >= 0.6 is 11.3 Å². The quantitative estimate of drug-likeness (QED) is 0.326. The van der Waals surface area contributed by atoms with Gasteiger partial charge in [0.15, 0.2) is 11.6 Å². The van der Waals surface area contributed by atoms with E-state index in [2.05, 4.69) is 21.6 Å². The van der Waals surface area contributed by atoms with Crippen molar-refractivity contribution >= 4 is 38.7 Å². The summed E-state index contributed by atoms with van der Waals surface area (Å²) in [4.78, 5) is 30.4. The predicted molar refractivity (Wildman–Crippen MR) is 130 cm³/mol. The lowest BCUT2D eigenvalue weighted by Crippen LogP contribution is -2.36. The number of nitroso groups, excluding NO2 is 1. The molecule has 1 aliphatic rings. The Hall–Kier alpha value is -3.21. The molecule has 4 rings (SSSR count). The molecule has 0 saturated carbocycles. The predicted octanol–water partition coefficient (Wildman–Crippen LogP) is 4.87. The van der Waals surface area contributed by atoms with Gasteiger partial charge in [0.05, 0.1) is 16.8 Å². The second kappa shape index (κ2) is 11.3. The highest BCUT2D eigenvalue weighted by Crippen LogP contribution is 2.39. The molecule has 0 atom stereocenters. The van der Waals surface area contributed by atoms with Gasteiger partial charge in [-0.1, -0.05) is 6.08 Å². The fourth-order valence-corrected chi connectivity index (χ4v) is 4.81. The van der Waals surface area contributed by atoms with Gasteiger partial charge in [-0.3, -0.25) is 9.78 Å². The molecule has 178 valence electrons. The van der Waals surface area contributed by atoms with Gasteiger partial charge in [-0.25, -0.2) is 4.39 Å². The number of pyridine rings is 1. The molecule has 1 amide bonds. The molecule has 10 heteroatoms. The van der Waals surface area contributed by atoms with Gasteiger partial charge in [0.2, 0.25) is 5.91 Å². The second-order valence-electron chi connectivity index (χ2n) is 7.75. The number of thiophene rings is 1. The van der Waals surface area contributed by atoms with E-state index < -0.39 is 5.82 Å². The number of carbonyl (C=O) groups excluding carboxylic acids is 1. The van der Waals surface area contributed by atoms with Crippen LogP contribution in [0.25, 0.3) is 15.8 Å². The van der Waals surface area contributed by atoms with Crippen molar-refractivity contribution in [2.45, 2.75) is 12.8 Å². The zero-order valence-corrected chi connectivity index (χ0v) is 19.6. The maximum Gasteiger partial charge on any atom is 0.224 e. The molecule has 0 fully saturated rings. The maximum atomic E-state index is 14.3. The molecule has 0 bridgehead atoms. The first kappa shape index (κ1) is 23.9. The molecule has 1 N–H and O–H groups in total. The highest BCUT2D eigenvalue weighted by molar-refractivity contribution is 7.20. The Morgan fingerprint density at radius 2 is 2.15 bits per heavy atom. The molecule has 3 aromatic rings. The standard InChI is InChI=1S/C24H25FN4O4S/c1-32-13-10-26-8-5-23(30)29-11-6-16(7-12-29)22-15-19-24(34-22)21(4-9-27-19)33-20-3-2-17(28-31)14-18(20)25/h2-4,6,9,14-15,26H,5,7-8,10-13H2,1H3. The molecular weight excluding hydrogens is 459 g/mol. The molecule has 1 aliphatic heterocycles. The van der Waals surface area contributed by atoms with Gasteiger partial charge in [0.25, 0.3) is 0 Å². The minimum absolute atomic E-state index is 0.00209. The summed E-state index contributed by atoms with van der Waals surface area (Å²) in [6, 6.07) is 7.50. The molecule has 34 heavy (non-hydrogen) atoms. The van der Waals surface area contributed by atoms with E-state index in [-0.39, 0.29) is 17.3 Å². The lowest BCUT2D eigenvalue weighted by atomic mass is 10.1. The largest absolute Gasteiger partial charge is 0.453 e. The van der Waals surface area contributed by atoms with Gasteiger partial charge < -0.3 is 19.7 Å². The van der Waals surface area contributed by atoms with Crippen molar-refractivity contribution in [3.05, 3.63) is 58.2 Å². The van der Waals surface area contributed by atoms with Gasteiger partial charge in [0, 0.05) is 62.9 Å². The van der Waals surface area contributed by atoms with Gasteiger partial charge in [0.1, 0.15) is 11.4 Å². The highest BCUT2D eigenvalue weighted by atomic mass is 32.1. The van der Waals surface area contributed by atoms with E-state index in [9.17, 15) is 14.1 Å². The van der Waals surface area contributed by atoms with E-state index in [0.717, 1.165) is 39.7 Å². The summed E-state index contributed by atoms with van der Waals surface area (Å²) in [5.41, 5.74) is 1.91. The third-order valence-corrected chi connectivity index (χ3v) is 6.71. The van der Waals surface area contributed by atoms with Crippen LogP contribution in [0.3, 0.4) is 0 Å². The fraction of sp³-hybridized carbons (Fsp3) is 0.333. The zero-order valence-electron chi connectivity index (χ0n) is 18.8. The summed E-state index contributed by atoms with van der Waals surface area (Å²) in [5.74, 6) is -0.0297. The summed E-state index contributed by atoms with van der Waals surface area (Å²) in [5, 5.41) is 5.92. The van der Waals surface area contributed by atoms with Crippen molar-refractivity contribution in [2.75, 3.05) is 39.9 Å². The Kier molecular flexibility index (Phi) is 7.94. The van der Waals surface area contributed by atoms with Crippen molar-refractivity contribution in [1.82, 2.24) is 15.2 Å². The van der Waals surface area contributed by atoms with E-state index in [1.807, 2.05) is 11.0 Å². The van der Waals surface area contributed by atoms with E-state index in [0.29, 0.717) is 38.4 Å². The zero-order chi connectivity index (χ0) is 23.9. The minimum Gasteiger partial charge on any atom is -0.453 e. The summed E-state index contributed by atoms with van der Waals surface area (Å²) in [6.07, 6.45) is 4.90. The smallest absolute Gasteiger partial charge is 0.224 e. The Labute approximate surface area is 200 Å². The molecule has 8 nitrogen and oxygen atoms in total. The number of nitrogens with zero attached hydrogens (tertiary/aromatic N) is 3. The van der Waals surface area contributed by atoms with Gasteiger partial charge in [-0.05, 0) is 35.4 Å². The first-order valence-corrected chi connectivity index (χ1v) is 11.8. The van der Waals surface area contributed by atoms with Gasteiger partial charge in [-0.15, -0.1) is 16.2 Å². The molecule has 0 unspecified atom stereocenters. The highest BCUT2D eigenvalue weighted by Gasteiger charge is 2.20. The van der Waals surface area contributed by atoms with Gasteiger partial charge in [-0.2, -0.15) is 0 Å². The molecule has 0 spiro atoms. The lowest BCUT2D eigenvalue weighted by molar-refractivity contribution is -0.130. The van der Waals surface area contributed by atoms with E-state index in [1.54, 1.807) is 19.4 Å². The van der Waals surface area contributed by atoms with Crippen molar-refractivity contribution in [3.63, 3.8) is 0 Å². The number of hydrogen-bond acceptors (Lipinski definition) is 8. The number of ether oxygens (including phenoxy) is 2. The number of benzene rings is 1. The molecule has 0 saturated heterocycles. The van der Waals surface area contributed by atoms with Crippen LogP contribution in [0.2, 0.25) is 0 Å². The molecule has 2 aromatic heterocycles. The maximum absolute atomic E-state index is 14.3. The molecule has 0 aliphatic carbocycles. The number of halogens is 1. The number of methoxy groups -OCH3 is 1. The van der Waals surface area contributed by atoms with Crippen LogP contribution in [0.4, 0.5) is 10.1 Å². The van der Waals surface area contributed by atoms with Crippen LogP contribution in [-0.2, 0) is 9.53 Å². The molecule has 1 aromatic carbocycles. The third kappa shape index (κ3) is 5.64. The van der Waals surface area contributed by atoms with Crippen LogP contribution in [0.1, 0.15) is 17.7 Å². The molecular formula is C24H25FN4O4S. The first-order valence-electron chi connectivity index (χ1n) is 10.9.